The first-order valence-electron chi connectivity index (χ1n) is 7.42. The van der Waals surface area contributed by atoms with Gasteiger partial charge < -0.3 is 10.2 Å². The zero-order valence-corrected chi connectivity index (χ0v) is 11.7. The zero-order chi connectivity index (χ0) is 13.2. The second-order valence-corrected chi connectivity index (χ2v) is 6.10. The molecule has 1 aromatic rings. The number of aryl methyl sites for hydroxylation is 1. The van der Waals surface area contributed by atoms with Crippen molar-refractivity contribution in [2.45, 2.75) is 38.8 Å². The van der Waals surface area contributed by atoms with Crippen molar-refractivity contribution >= 4 is 0 Å². The Bertz CT molecular complexity index is 442. The van der Waals surface area contributed by atoms with Gasteiger partial charge in [-0.05, 0) is 62.4 Å². The number of hydrogen-bond acceptors (Lipinski definition) is 2. The van der Waals surface area contributed by atoms with Gasteiger partial charge >= 0.3 is 0 Å². The van der Waals surface area contributed by atoms with Crippen molar-refractivity contribution in [2.75, 3.05) is 19.6 Å². The van der Waals surface area contributed by atoms with Crippen molar-refractivity contribution in [3.63, 3.8) is 0 Å². The van der Waals surface area contributed by atoms with Gasteiger partial charge in [0, 0.05) is 19.1 Å². The fourth-order valence-corrected chi connectivity index (χ4v) is 2.97. The lowest BCUT2D eigenvalue weighted by atomic mass is 10.1. The number of rotatable bonds is 5. The minimum atomic E-state index is -0.0972. The molecule has 1 aromatic carbocycles. The van der Waals surface area contributed by atoms with E-state index in [1.807, 2.05) is 12.1 Å². The van der Waals surface area contributed by atoms with E-state index in [2.05, 4.69) is 10.2 Å². The number of nitrogens with zero attached hydrogens (tertiary/aromatic N) is 1. The summed E-state index contributed by atoms with van der Waals surface area (Å²) in [6.45, 7) is 6.16. The van der Waals surface area contributed by atoms with Gasteiger partial charge in [0.25, 0.3) is 0 Å². The smallest absolute Gasteiger partial charge is 0.126 e. The van der Waals surface area contributed by atoms with Gasteiger partial charge in [-0.2, -0.15) is 0 Å². The highest BCUT2D eigenvalue weighted by molar-refractivity contribution is 5.23. The highest BCUT2D eigenvalue weighted by Crippen LogP contribution is 2.31. The van der Waals surface area contributed by atoms with E-state index in [-0.39, 0.29) is 5.82 Å². The van der Waals surface area contributed by atoms with Crippen molar-refractivity contribution in [3.05, 3.63) is 35.1 Å². The Balaban J connectivity index is 1.41. The summed E-state index contributed by atoms with van der Waals surface area (Å²) in [4.78, 5) is 2.64. The van der Waals surface area contributed by atoms with Crippen LogP contribution in [0, 0.1) is 18.7 Å². The Morgan fingerprint density at radius 2 is 2.16 bits per heavy atom. The highest BCUT2D eigenvalue weighted by Gasteiger charge is 2.33. The maximum absolute atomic E-state index is 13.4. The molecule has 3 rings (SSSR count). The van der Waals surface area contributed by atoms with Gasteiger partial charge in [0.05, 0.1) is 0 Å². The maximum atomic E-state index is 13.4. The Morgan fingerprint density at radius 1 is 1.32 bits per heavy atom. The van der Waals surface area contributed by atoms with Crippen LogP contribution in [0.4, 0.5) is 4.39 Å². The van der Waals surface area contributed by atoms with Crippen LogP contribution in [0.5, 0.6) is 0 Å². The second kappa shape index (κ2) is 5.59. The second-order valence-electron chi connectivity index (χ2n) is 6.10. The van der Waals surface area contributed by atoms with Crippen molar-refractivity contribution in [1.82, 2.24) is 10.2 Å². The third-order valence-electron chi connectivity index (χ3n) is 4.38. The summed E-state index contributed by atoms with van der Waals surface area (Å²) in [5.74, 6) is 0.677. The molecule has 2 aliphatic rings. The van der Waals surface area contributed by atoms with Gasteiger partial charge in [0.2, 0.25) is 0 Å². The quantitative estimate of drug-likeness (QED) is 0.877. The molecule has 0 aromatic heterocycles. The Morgan fingerprint density at radius 3 is 2.89 bits per heavy atom. The lowest BCUT2D eigenvalue weighted by Crippen LogP contribution is -2.27. The third kappa shape index (κ3) is 3.34. The SMILES string of the molecule is Cc1ccc(CNCC2CCN(C3CC3)C2)cc1F. The van der Waals surface area contributed by atoms with Crippen LogP contribution in [-0.4, -0.2) is 30.6 Å². The molecule has 1 atom stereocenters. The van der Waals surface area contributed by atoms with E-state index in [9.17, 15) is 4.39 Å². The van der Waals surface area contributed by atoms with Crippen LogP contribution < -0.4 is 5.32 Å². The van der Waals surface area contributed by atoms with E-state index in [1.165, 1.54) is 32.4 Å². The number of hydrogen-bond donors (Lipinski definition) is 1. The van der Waals surface area contributed by atoms with Crippen LogP contribution in [0.25, 0.3) is 0 Å². The van der Waals surface area contributed by atoms with Crippen LogP contribution in [0.1, 0.15) is 30.4 Å². The van der Waals surface area contributed by atoms with E-state index >= 15 is 0 Å². The molecule has 0 radical (unpaired) electrons. The molecule has 104 valence electrons. The largest absolute Gasteiger partial charge is 0.312 e. The van der Waals surface area contributed by atoms with E-state index in [0.717, 1.165) is 36.2 Å². The lowest BCUT2D eigenvalue weighted by Gasteiger charge is -2.15. The predicted octanol–water partition coefficient (Wildman–Crippen LogP) is 2.71. The molecule has 0 amide bonds. The molecule has 1 saturated carbocycles. The summed E-state index contributed by atoms with van der Waals surface area (Å²) in [6.07, 6.45) is 4.12. The minimum absolute atomic E-state index is 0.0972. The van der Waals surface area contributed by atoms with Crippen LogP contribution in [0.2, 0.25) is 0 Å². The van der Waals surface area contributed by atoms with E-state index in [1.54, 1.807) is 13.0 Å². The van der Waals surface area contributed by atoms with E-state index in [0.29, 0.717) is 0 Å². The first-order valence-corrected chi connectivity index (χ1v) is 7.42. The molecule has 0 bridgehead atoms. The predicted molar refractivity (Wildman–Crippen MR) is 75.5 cm³/mol. The van der Waals surface area contributed by atoms with Gasteiger partial charge in [0.1, 0.15) is 5.82 Å². The molecule has 2 fully saturated rings. The molecular formula is C16H23FN2. The molecule has 3 heteroatoms. The molecule has 2 nitrogen and oxygen atoms in total. The van der Waals surface area contributed by atoms with Gasteiger partial charge in [-0.1, -0.05) is 12.1 Å². The van der Waals surface area contributed by atoms with Crippen molar-refractivity contribution < 1.29 is 4.39 Å². The fraction of sp³-hybridized carbons (Fsp3) is 0.625. The van der Waals surface area contributed by atoms with E-state index < -0.39 is 0 Å². The summed E-state index contributed by atoms with van der Waals surface area (Å²) in [5, 5.41) is 3.48. The number of nitrogens with one attached hydrogen (secondary N) is 1. The summed E-state index contributed by atoms with van der Waals surface area (Å²) in [5.41, 5.74) is 1.76. The highest BCUT2D eigenvalue weighted by atomic mass is 19.1. The Kier molecular flexibility index (Phi) is 3.85. The van der Waals surface area contributed by atoms with Crippen molar-refractivity contribution in [1.29, 1.82) is 0 Å². The number of benzene rings is 1. The summed E-state index contributed by atoms with van der Waals surface area (Å²) in [7, 11) is 0. The molecule has 1 heterocycles. The van der Waals surface area contributed by atoms with Gasteiger partial charge in [-0.25, -0.2) is 4.39 Å². The van der Waals surface area contributed by atoms with Crippen LogP contribution in [0.15, 0.2) is 18.2 Å². The standard InChI is InChI=1S/C16H23FN2/c1-12-2-3-13(8-16(12)17)9-18-10-14-6-7-19(11-14)15-4-5-15/h2-3,8,14-15,18H,4-7,9-11H2,1H3. The number of likely N-dealkylation sites (tertiary alicyclic amines) is 1. The lowest BCUT2D eigenvalue weighted by molar-refractivity contribution is 0.312. The normalized spacial score (nSPS) is 24.0. The van der Waals surface area contributed by atoms with Gasteiger partial charge in [0.15, 0.2) is 0 Å². The molecule has 1 aliphatic heterocycles. The Hall–Kier alpha value is -0.930. The van der Waals surface area contributed by atoms with Crippen LogP contribution in [-0.2, 0) is 6.54 Å². The minimum Gasteiger partial charge on any atom is -0.312 e. The number of halogens is 1. The average molecular weight is 262 g/mol. The van der Waals surface area contributed by atoms with Crippen molar-refractivity contribution in [2.24, 2.45) is 5.92 Å². The summed E-state index contributed by atoms with van der Waals surface area (Å²) < 4.78 is 13.4. The molecule has 1 aliphatic carbocycles. The van der Waals surface area contributed by atoms with Crippen molar-refractivity contribution in [3.8, 4) is 0 Å². The molecule has 19 heavy (non-hydrogen) atoms. The molecule has 1 unspecified atom stereocenters. The van der Waals surface area contributed by atoms with Gasteiger partial charge in [-0.15, -0.1) is 0 Å². The molecular weight excluding hydrogens is 239 g/mol. The average Bonchev–Trinajstić information content (AvgIpc) is 3.14. The zero-order valence-electron chi connectivity index (χ0n) is 11.7. The van der Waals surface area contributed by atoms with Crippen LogP contribution >= 0.6 is 0 Å². The Labute approximate surface area is 115 Å². The van der Waals surface area contributed by atoms with Gasteiger partial charge in [-0.3, -0.25) is 0 Å². The monoisotopic (exact) mass is 262 g/mol. The first-order chi connectivity index (χ1) is 9.22. The maximum Gasteiger partial charge on any atom is 0.126 e. The summed E-state index contributed by atoms with van der Waals surface area (Å²) >= 11 is 0. The third-order valence-corrected chi connectivity index (χ3v) is 4.38. The molecule has 1 N–H and O–H groups in total. The topological polar surface area (TPSA) is 15.3 Å². The summed E-state index contributed by atoms with van der Waals surface area (Å²) in [6, 6.07) is 6.41. The van der Waals surface area contributed by atoms with Crippen LogP contribution in [0.3, 0.4) is 0 Å². The fourth-order valence-electron chi connectivity index (χ4n) is 2.97. The first kappa shape index (κ1) is 13.1. The van der Waals surface area contributed by atoms with E-state index in [4.69, 9.17) is 0 Å². The molecule has 0 spiro atoms. The molecule has 1 saturated heterocycles.